The molecule has 0 aromatic carbocycles. The van der Waals surface area contributed by atoms with Crippen molar-refractivity contribution < 1.29 is 4.74 Å². The average Bonchev–Trinajstić information content (AvgIpc) is 2.20. The summed E-state index contributed by atoms with van der Waals surface area (Å²) in [6.45, 7) is 8.80. The van der Waals surface area contributed by atoms with E-state index in [0.29, 0.717) is 6.04 Å². The van der Waals surface area contributed by atoms with E-state index in [4.69, 9.17) is 4.74 Å². The van der Waals surface area contributed by atoms with Gasteiger partial charge in [-0.1, -0.05) is 33.6 Å². The van der Waals surface area contributed by atoms with Gasteiger partial charge in [0.25, 0.3) is 0 Å². The first-order valence-corrected chi connectivity index (χ1v) is 6.43. The molecule has 0 radical (unpaired) electrons. The fourth-order valence-electron chi connectivity index (χ4n) is 1.84. The minimum absolute atomic E-state index is 0.614. The predicted molar refractivity (Wildman–Crippen MR) is 67.3 cm³/mol. The lowest BCUT2D eigenvalue weighted by atomic mass is 9.97. The van der Waals surface area contributed by atoms with Crippen LogP contribution in [0.5, 0.6) is 0 Å². The van der Waals surface area contributed by atoms with Crippen molar-refractivity contribution in [1.29, 1.82) is 0 Å². The van der Waals surface area contributed by atoms with Gasteiger partial charge in [0.05, 0.1) is 0 Å². The maximum atomic E-state index is 5.07. The zero-order valence-corrected chi connectivity index (χ0v) is 11.0. The first kappa shape index (κ1) is 14.9. The molecule has 0 aliphatic heterocycles. The Morgan fingerprint density at radius 3 is 2.40 bits per heavy atom. The highest BCUT2D eigenvalue weighted by molar-refractivity contribution is 4.64. The Hall–Kier alpha value is -0.0800. The molecule has 2 heteroatoms. The van der Waals surface area contributed by atoms with Crippen LogP contribution in [0, 0.1) is 5.92 Å². The van der Waals surface area contributed by atoms with Crippen LogP contribution in [-0.2, 0) is 4.74 Å². The summed E-state index contributed by atoms with van der Waals surface area (Å²) in [5, 5.41) is 3.54. The van der Waals surface area contributed by atoms with Gasteiger partial charge < -0.3 is 10.1 Å². The van der Waals surface area contributed by atoms with Gasteiger partial charge in [0, 0.05) is 19.8 Å². The number of rotatable bonds is 10. The highest BCUT2D eigenvalue weighted by Gasteiger charge is 2.07. The third-order valence-electron chi connectivity index (χ3n) is 2.72. The fourth-order valence-corrected chi connectivity index (χ4v) is 1.84. The van der Waals surface area contributed by atoms with E-state index in [0.717, 1.165) is 12.5 Å². The summed E-state index contributed by atoms with van der Waals surface area (Å²) >= 11 is 0. The van der Waals surface area contributed by atoms with E-state index in [1.165, 1.54) is 38.6 Å². The molecule has 0 aromatic heterocycles. The van der Waals surface area contributed by atoms with Crippen molar-refractivity contribution in [3.8, 4) is 0 Å². The van der Waals surface area contributed by atoms with Crippen LogP contribution in [0.15, 0.2) is 0 Å². The second kappa shape index (κ2) is 10.4. The summed E-state index contributed by atoms with van der Waals surface area (Å²) in [6.07, 6.45) is 6.51. The van der Waals surface area contributed by atoms with Crippen LogP contribution in [0.25, 0.3) is 0 Å². The summed E-state index contributed by atoms with van der Waals surface area (Å²) in [7, 11) is 1.78. The zero-order valence-electron chi connectivity index (χ0n) is 11.0. The molecule has 0 rings (SSSR count). The highest BCUT2D eigenvalue weighted by atomic mass is 16.5. The first-order chi connectivity index (χ1) is 7.20. The summed E-state index contributed by atoms with van der Waals surface area (Å²) in [6, 6.07) is 0.614. The van der Waals surface area contributed by atoms with Crippen molar-refractivity contribution in [1.82, 2.24) is 5.32 Å². The van der Waals surface area contributed by atoms with Crippen molar-refractivity contribution in [2.24, 2.45) is 5.92 Å². The third kappa shape index (κ3) is 10.2. The lowest BCUT2D eigenvalue weighted by Gasteiger charge is -2.18. The highest BCUT2D eigenvalue weighted by Crippen LogP contribution is 2.14. The molecule has 15 heavy (non-hydrogen) atoms. The molecule has 0 amide bonds. The normalized spacial score (nSPS) is 13.4. The summed E-state index contributed by atoms with van der Waals surface area (Å²) < 4.78 is 5.07. The lowest BCUT2D eigenvalue weighted by molar-refractivity contribution is 0.189. The maximum Gasteiger partial charge on any atom is 0.0462 e. The molecule has 0 saturated heterocycles. The number of unbranched alkanes of at least 4 members (excludes halogenated alkanes) is 1. The van der Waals surface area contributed by atoms with Gasteiger partial charge in [0.15, 0.2) is 0 Å². The number of methoxy groups -OCH3 is 1. The number of ether oxygens (including phenoxy) is 1. The Balaban J connectivity index is 3.53. The molecule has 0 bridgehead atoms. The second-order valence-corrected chi connectivity index (χ2v) is 4.71. The smallest absolute Gasteiger partial charge is 0.0462 e. The second-order valence-electron chi connectivity index (χ2n) is 4.71. The van der Waals surface area contributed by atoms with Crippen LogP contribution in [0.4, 0.5) is 0 Å². The monoisotopic (exact) mass is 215 g/mol. The summed E-state index contributed by atoms with van der Waals surface area (Å²) in [5.41, 5.74) is 0. The van der Waals surface area contributed by atoms with Crippen LogP contribution < -0.4 is 5.32 Å². The molecule has 1 atom stereocenters. The van der Waals surface area contributed by atoms with Crippen LogP contribution in [0.3, 0.4) is 0 Å². The van der Waals surface area contributed by atoms with Crippen molar-refractivity contribution in [2.75, 3.05) is 20.3 Å². The first-order valence-electron chi connectivity index (χ1n) is 6.43. The van der Waals surface area contributed by atoms with Gasteiger partial charge in [-0.25, -0.2) is 0 Å². The summed E-state index contributed by atoms with van der Waals surface area (Å²) in [5.74, 6) is 0.856. The molecular weight excluding hydrogens is 186 g/mol. The Labute approximate surface area is 95.8 Å². The molecule has 92 valence electrons. The molecule has 0 saturated carbocycles. The molecule has 2 nitrogen and oxygen atoms in total. The molecule has 1 N–H and O–H groups in total. The van der Waals surface area contributed by atoms with Gasteiger partial charge in [-0.05, 0) is 31.7 Å². The molecule has 0 heterocycles. The quantitative estimate of drug-likeness (QED) is 0.565. The van der Waals surface area contributed by atoms with Gasteiger partial charge in [-0.3, -0.25) is 0 Å². The van der Waals surface area contributed by atoms with Crippen LogP contribution in [0.2, 0.25) is 0 Å². The largest absolute Gasteiger partial charge is 0.385 e. The lowest BCUT2D eigenvalue weighted by Crippen LogP contribution is -2.29. The van der Waals surface area contributed by atoms with E-state index in [2.05, 4.69) is 26.1 Å². The molecule has 1 unspecified atom stereocenters. The third-order valence-corrected chi connectivity index (χ3v) is 2.72. The predicted octanol–water partition coefficient (Wildman–Crippen LogP) is 3.22. The zero-order chi connectivity index (χ0) is 11.5. The van der Waals surface area contributed by atoms with E-state index in [1.54, 1.807) is 7.11 Å². The van der Waals surface area contributed by atoms with Gasteiger partial charge in [0.2, 0.25) is 0 Å². The Kier molecular flexibility index (Phi) is 10.4. The maximum absolute atomic E-state index is 5.07. The Bertz CT molecular complexity index is 126. The van der Waals surface area contributed by atoms with Crippen molar-refractivity contribution in [3.63, 3.8) is 0 Å². The van der Waals surface area contributed by atoms with E-state index in [-0.39, 0.29) is 0 Å². The van der Waals surface area contributed by atoms with Crippen LogP contribution >= 0.6 is 0 Å². The molecular formula is C13H29NO. The van der Waals surface area contributed by atoms with Crippen molar-refractivity contribution in [2.45, 2.75) is 58.9 Å². The van der Waals surface area contributed by atoms with Crippen LogP contribution in [0.1, 0.15) is 52.9 Å². The van der Waals surface area contributed by atoms with Crippen molar-refractivity contribution in [3.05, 3.63) is 0 Å². The SMILES string of the molecule is CCCC(CCCCOC)CNC(C)C. The molecule has 0 aliphatic carbocycles. The van der Waals surface area contributed by atoms with Gasteiger partial charge in [-0.15, -0.1) is 0 Å². The van der Waals surface area contributed by atoms with E-state index >= 15 is 0 Å². The topological polar surface area (TPSA) is 21.3 Å². The summed E-state index contributed by atoms with van der Waals surface area (Å²) in [4.78, 5) is 0. The van der Waals surface area contributed by atoms with Gasteiger partial charge in [-0.2, -0.15) is 0 Å². The van der Waals surface area contributed by atoms with Gasteiger partial charge >= 0.3 is 0 Å². The Morgan fingerprint density at radius 1 is 1.13 bits per heavy atom. The van der Waals surface area contributed by atoms with Crippen LogP contribution in [-0.4, -0.2) is 26.3 Å². The van der Waals surface area contributed by atoms with E-state index in [9.17, 15) is 0 Å². The molecule has 0 spiro atoms. The van der Waals surface area contributed by atoms with E-state index < -0.39 is 0 Å². The van der Waals surface area contributed by atoms with E-state index in [1.807, 2.05) is 0 Å². The standard InChI is InChI=1S/C13H29NO/c1-5-8-13(11-14-12(2)3)9-6-7-10-15-4/h12-14H,5-11H2,1-4H3. The van der Waals surface area contributed by atoms with Crippen molar-refractivity contribution >= 4 is 0 Å². The number of nitrogens with one attached hydrogen (secondary N) is 1. The minimum Gasteiger partial charge on any atom is -0.385 e. The minimum atomic E-state index is 0.614. The van der Waals surface area contributed by atoms with Gasteiger partial charge in [0.1, 0.15) is 0 Å². The molecule has 0 aromatic rings. The Morgan fingerprint density at radius 2 is 1.87 bits per heavy atom. The number of hydrogen-bond donors (Lipinski definition) is 1. The molecule has 0 aliphatic rings. The average molecular weight is 215 g/mol. The number of hydrogen-bond acceptors (Lipinski definition) is 2. The fraction of sp³-hybridized carbons (Fsp3) is 1.00. The molecule has 0 fully saturated rings.